The molecule has 0 N–H and O–H groups in total. The SMILES string of the molecule is CC(C)(C)C(=O)COC(=O)c1c2c(nc3ccccc13)C(=Cc1cccc([N+](=O)[O-])c1)CCC2. The van der Waals surface area contributed by atoms with E-state index in [1.165, 1.54) is 12.1 Å². The largest absolute Gasteiger partial charge is 0.454 e. The Morgan fingerprint density at radius 1 is 1.12 bits per heavy atom. The topological polar surface area (TPSA) is 99.4 Å². The standard InChI is InChI=1S/C27H26N2O5/c1-27(2,3)23(30)16-34-26(31)24-20-11-4-5-13-22(20)28-25-18(9-7-12-21(24)25)14-17-8-6-10-19(15-17)29(32)33/h4-6,8,10-11,13-15H,7,9,12,16H2,1-3H3. The van der Waals surface area contributed by atoms with E-state index in [4.69, 9.17) is 9.72 Å². The van der Waals surface area contributed by atoms with E-state index in [1.807, 2.05) is 36.4 Å². The van der Waals surface area contributed by atoms with E-state index in [1.54, 1.807) is 26.8 Å². The molecule has 1 heterocycles. The molecule has 0 aliphatic heterocycles. The number of benzene rings is 2. The molecule has 3 aromatic rings. The van der Waals surface area contributed by atoms with E-state index < -0.39 is 16.3 Å². The summed E-state index contributed by atoms with van der Waals surface area (Å²) in [5.74, 6) is -0.691. The van der Waals surface area contributed by atoms with E-state index in [0.717, 1.165) is 24.0 Å². The number of aromatic nitrogens is 1. The smallest absolute Gasteiger partial charge is 0.339 e. The number of pyridine rings is 1. The second kappa shape index (κ2) is 9.17. The van der Waals surface area contributed by atoms with Crippen LogP contribution in [0.3, 0.4) is 0 Å². The molecule has 0 saturated carbocycles. The van der Waals surface area contributed by atoms with Crippen LogP contribution in [0.25, 0.3) is 22.6 Å². The van der Waals surface area contributed by atoms with Gasteiger partial charge in [0, 0.05) is 22.9 Å². The van der Waals surface area contributed by atoms with Crippen molar-refractivity contribution in [1.82, 2.24) is 4.98 Å². The Morgan fingerprint density at radius 2 is 1.88 bits per heavy atom. The fraction of sp³-hybridized carbons (Fsp3) is 0.296. The lowest BCUT2D eigenvalue weighted by molar-refractivity contribution is -0.384. The third kappa shape index (κ3) is 4.73. The van der Waals surface area contributed by atoms with Crippen LogP contribution in [0, 0.1) is 15.5 Å². The molecule has 0 bridgehead atoms. The van der Waals surface area contributed by atoms with E-state index in [-0.39, 0.29) is 18.1 Å². The van der Waals surface area contributed by atoms with Gasteiger partial charge in [-0.05, 0) is 48.1 Å². The third-order valence-corrected chi connectivity index (χ3v) is 5.97. The van der Waals surface area contributed by atoms with Gasteiger partial charge in [0.15, 0.2) is 12.4 Å². The van der Waals surface area contributed by atoms with E-state index in [2.05, 4.69) is 0 Å². The number of hydrogen-bond acceptors (Lipinski definition) is 6. The van der Waals surface area contributed by atoms with Crippen molar-refractivity contribution in [2.45, 2.75) is 40.0 Å². The number of nitro groups is 1. The molecule has 1 aliphatic rings. The first-order valence-corrected chi connectivity index (χ1v) is 11.2. The first-order chi connectivity index (χ1) is 16.1. The summed E-state index contributed by atoms with van der Waals surface area (Å²) in [7, 11) is 0. The maximum Gasteiger partial charge on any atom is 0.339 e. The quantitative estimate of drug-likeness (QED) is 0.272. The minimum Gasteiger partial charge on any atom is -0.454 e. The van der Waals surface area contributed by atoms with Gasteiger partial charge in [-0.15, -0.1) is 0 Å². The first-order valence-electron chi connectivity index (χ1n) is 11.2. The molecule has 0 radical (unpaired) electrons. The van der Waals surface area contributed by atoms with E-state index in [0.29, 0.717) is 34.1 Å². The van der Waals surface area contributed by atoms with Crippen molar-refractivity contribution in [2.75, 3.05) is 6.61 Å². The highest BCUT2D eigenvalue weighted by Crippen LogP contribution is 2.36. The Bertz CT molecular complexity index is 1330. The maximum absolute atomic E-state index is 13.2. The molecule has 0 amide bonds. The van der Waals surface area contributed by atoms with Crippen molar-refractivity contribution in [1.29, 1.82) is 0 Å². The number of fused-ring (bicyclic) bond motifs is 2. The number of non-ortho nitro benzene ring substituents is 1. The summed E-state index contributed by atoms with van der Waals surface area (Å²) in [5, 5.41) is 11.9. The van der Waals surface area contributed by atoms with Gasteiger partial charge in [-0.1, -0.05) is 51.1 Å². The van der Waals surface area contributed by atoms with Crippen LogP contribution in [-0.2, 0) is 16.0 Å². The van der Waals surface area contributed by atoms with Crippen molar-refractivity contribution >= 4 is 40.0 Å². The predicted octanol–water partition coefficient (Wildman–Crippen LogP) is 5.79. The van der Waals surface area contributed by atoms with Crippen LogP contribution in [-0.4, -0.2) is 28.3 Å². The number of rotatable bonds is 5. The number of hydrogen-bond donors (Lipinski definition) is 0. The molecule has 7 nitrogen and oxygen atoms in total. The lowest BCUT2D eigenvalue weighted by Crippen LogP contribution is -2.27. The highest BCUT2D eigenvalue weighted by molar-refractivity contribution is 6.07. The number of nitrogens with zero attached hydrogens (tertiary/aromatic N) is 2. The van der Waals surface area contributed by atoms with E-state index in [9.17, 15) is 19.7 Å². The monoisotopic (exact) mass is 458 g/mol. The fourth-order valence-corrected chi connectivity index (χ4v) is 4.06. The molecule has 0 fully saturated rings. The van der Waals surface area contributed by atoms with Gasteiger partial charge in [-0.3, -0.25) is 14.9 Å². The number of nitro benzene ring substituents is 1. The van der Waals surface area contributed by atoms with Crippen molar-refractivity contribution in [3.8, 4) is 0 Å². The number of para-hydroxylation sites is 1. The second-order valence-electron chi connectivity index (χ2n) is 9.46. The summed E-state index contributed by atoms with van der Waals surface area (Å²) < 4.78 is 5.48. The van der Waals surface area contributed by atoms with Crippen LogP contribution in [0.1, 0.15) is 60.8 Å². The minimum atomic E-state index is -0.603. The Kier molecular flexibility index (Phi) is 6.28. The highest BCUT2D eigenvalue weighted by Gasteiger charge is 2.28. The van der Waals surface area contributed by atoms with Crippen LogP contribution >= 0.6 is 0 Å². The molecule has 174 valence electrons. The summed E-state index contributed by atoms with van der Waals surface area (Å²) in [6.07, 6.45) is 4.08. The number of allylic oxidation sites excluding steroid dienone is 1. The lowest BCUT2D eigenvalue weighted by atomic mass is 9.86. The lowest BCUT2D eigenvalue weighted by Gasteiger charge is -2.23. The normalized spacial score (nSPS) is 14.6. The number of carbonyl (C=O) groups is 2. The molecule has 0 unspecified atom stereocenters. The maximum atomic E-state index is 13.2. The molecular formula is C27H26N2O5. The average molecular weight is 459 g/mol. The number of ether oxygens (including phenoxy) is 1. The van der Waals surface area contributed by atoms with E-state index >= 15 is 0 Å². The van der Waals surface area contributed by atoms with Crippen LogP contribution in [0.4, 0.5) is 5.69 Å². The van der Waals surface area contributed by atoms with Crippen molar-refractivity contribution in [2.24, 2.45) is 5.41 Å². The number of carbonyl (C=O) groups excluding carboxylic acids is 2. The van der Waals surface area contributed by atoms with Gasteiger partial charge in [0.2, 0.25) is 0 Å². The molecule has 0 spiro atoms. The Balaban J connectivity index is 1.80. The summed E-state index contributed by atoms with van der Waals surface area (Å²) in [6.45, 7) is 5.08. The first kappa shape index (κ1) is 23.3. The number of esters is 1. The molecule has 0 atom stereocenters. The number of Topliss-reactive ketones (excluding diaryl/α,β-unsaturated/α-hetero) is 1. The molecule has 7 heteroatoms. The fourth-order valence-electron chi connectivity index (χ4n) is 4.06. The minimum absolute atomic E-state index is 0.0182. The van der Waals surface area contributed by atoms with Crippen molar-refractivity contribution < 1.29 is 19.2 Å². The van der Waals surface area contributed by atoms with Crippen molar-refractivity contribution in [3.05, 3.63) is 81.0 Å². The summed E-state index contributed by atoms with van der Waals surface area (Å²) in [4.78, 5) is 41.2. The average Bonchev–Trinajstić information content (AvgIpc) is 2.80. The van der Waals surface area contributed by atoms with Gasteiger partial charge in [0.1, 0.15) is 0 Å². The van der Waals surface area contributed by atoms with Gasteiger partial charge in [-0.2, -0.15) is 0 Å². The third-order valence-electron chi connectivity index (χ3n) is 5.97. The van der Waals surface area contributed by atoms with Gasteiger partial charge in [0.05, 0.1) is 21.7 Å². The van der Waals surface area contributed by atoms with Crippen LogP contribution < -0.4 is 0 Å². The molecule has 2 aromatic carbocycles. The zero-order valence-electron chi connectivity index (χ0n) is 19.5. The van der Waals surface area contributed by atoms with Crippen LogP contribution in [0.15, 0.2) is 48.5 Å². The highest BCUT2D eigenvalue weighted by atomic mass is 16.6. The zero-order chi connectivity index (χ0) is 24.5. The molecule has 1 aliphatic carbocycles. The summed E-state index contributed by atoms with van der Waals surface area (Å²) in [5.41, 5.74) is 3.60. The Morgan fingerprint density at radius 3 is 2.62 bits per heavy atom. The number of ketones is 1. The summed E-state index contributed by atoms with van der Waals surface area (Å²) in [6, 6.07) is 13.8. The molecular weight excluding hydrogens is 432 g/mol. The second-order valence-corrected chi connectivity index (χ2v) is 9.46. The summed E-state index contributed by atoms with van der Waals surface area (Å²) >= 11 is 0. The van der Waals surface area contributed by atoms with Crippen molar-refractivity contribution in [3.63, 3.8) is 0 Å². The van der Waals surface area contributed by atoms with Crippen LogP contribution in [0.2, 0.25) is 0 Å². The Labute approximate surface area is 197 Å². The van der Waals surface area contributed by atoms with Gasteiger partial charge < -0.3 is 4.74 Å². The zero-order valence-corrected chi connectivity index (χ0v) is 19.5. The van der Waals surface area contributed by atoms with Gasteiger partial charge in [0.25, 0.3) is 5.69 Å². The molecule has 1 aromatic heterocycles. The van der Waals surface area contributed by atoms with Gasteiger partial charge in [-0.25, -0.2) is 9.78 Å². The molecule has 4 rings (SSSR count). The van der Waals surface area contributed by atoms with Crippen LogP contribution in [0.5, 0.6) is 0 Å². The van der Waals surface area contributed by atoms with Gasteiger partial charge >= 0.3 is 5.97 Å². The molecule has 34 heavy (non-hydrogen) atoms. The Hall–Kier alpha value is -3.87. The molecule has 0 saturated heterocycles. The predicted molar refractivity (Wildman–Crippen MR) is 130 cm³/mol.